The number of nitrogens with zero attached hydrogens (tertiary/aromatic N) is 4. The molecular weight excluding hydrogens is 364 g/mol. The number of hydrogen-bond acceptors (Lipinski definition) is 4. The molecule has 0 unspecified atom stereocenters. The monoisotopic (exact) mass is 394 g/mol. The first-order valence-electron chi connectivity index (χ1n) is 10.3. The second-order valence-electron chi connectivity index (χ2n) is 6.81. The smallest absolute Gasteiger partial charge is 0.191 e. The number of guanidine groups is 1. The first kappa shape index (κ1) is 20.6. The van der Waals surface area contributed by atoms with E-state index in [4.69, 9.17) is 9.52 Å². The second-order valence-corrected chi connectivity index (χ2v) is 6.81. The zero-order valence-electron chi connectivity index (χ0n) is 17.5. The molecule has 0 radical (unpaired) electrons. The number of nitrogens with one attached hydrogen (secondary N) is 2. The zero-order valence-corrected chi connectivity index (χ0v) is 17.5. The molecule has 0 aliphatic carbocycles. The number of benzene rings is 1. The average Bonchev–Trinajstić information content (AvgIpc) is 3.39. The Hall–Kier alpha value is -3.09. The molecule has 0 aliphatic rings. The zero-order chi connectivity index (χ0) is 20.5. The summed E-state index contributed by atoms with van der Waals surface area (Å²) in [6, 6.07) is 10.4. The van der Waals surface area contributed by atoms with Gasteiger partial charge in [0.1, 0.15) is 5.76 Å². The summed E-state index contributed by atoms with van der Waals surface area (Å²) in [5.74, 6) is 1.73. The van der Waals surface area contributed by atoms with Crippen LogP contribution in [-0.4, -0.2) is 27.4 Å². The van der Waals surface area contributed by atoms with Gasteiger partial charge in [0.15, 0.2) is 5.96 Å². The van der Waals surface area contributed by atoms with Crippen LogP contribution in [0.5, 0.6) is 0 Å². The molecule has 0 amide bonds. The molecule has 154 valence electrons. The van der Waals surface area contributed by atoms with Crippen molar-refractivity contribution >= 4 is 5.96 Å². The topological polar surface area (TPSA) is 80.3 Å². The summed E-state index contributed by atoms with van der Waals surface area (Å²) >= 11 is 0. The maximum absolute atomic E-state index is 5.46. The minimum atomic E-state index is 0.604. The standard InChI is InChI=1S/C22H30N6O/c1-4-20-19(21(5-2)29-27-20)15-25-22(23-6-3)24-14-17-9-7-10-18(13-17)16-28-12-8-11-26-28/h7-13H,4-6,14-16H2,1-3H3,(H2,23,24,25). The van der Waals surface area contributed by atoms with Crippen LogP contribution in [0.15, 0.2) is 52.2 Å². The van der Waals surface area contributed by atoms with Gasteiger partial charge in [0, 0.05) is 37.5 Å². The minimum Gasteiger partial charge on any atom is -0.361 e. The average molecular weight is 395 g/mol. The van der Waals surface area contributed by atoms with Crippen LogP contribution < -0.4 is 10.6 Å². The Kier molecular flexibility index (Phi) is 7.44. The van der Waals surface area contributed by atoms with Crippen LogP contribution in [0.2, 0.25) is 0 Å². The normalized spacial score (nSPS) is 11.6. The van der Waals surface area contributed by atoms with Crippen LogP contribution in [0.4, 0.5) is 0 Å². The van der Waals surface area contributed by atoms with Crippen molar-refractivity contribution < 1.29 is 4.52 Å². The molecule has 0 atom stereocenters. The third-order valence-corrected chi connectivity index (χ3v) is 4.70. The van der Waals surface area contributed by atoms with Gasteiger partial charge in [0.25, 0.3) is 0 Å². The minimum absolute atomic E-state index is 0.604. The van der Waals surface area contributed by atoms with E-state index in [1.54, 1.807) is 6.20 Å². The Bertz CT molecular complexity index is 892. The molecule has 2 heterocycles. The molecular formula is C22H30N6O. The van der Waals surface area contributed by atoms with E-state index in [2.05, 4.69) is 65.9 Å². The van der Waals surface area contributed by atoms with Crippen LogP contribution in [0.1, 0.15) is 48.9 Å². The molecule has 3 aromatic rings. The first-order chi connectivity index (χ1) is 14.2. The summed E-state index contributed by atoms with van der Waals surface area (Å²) in [6.45, 7) is 9.06. The van der Waals surface area contributed by atoms with Crippen LogP contribution in [-0.2, 0) is 32.5 Å². The number of aliphatic imine (C=N–C) groups is 1. The molecule has 0 saturated carbocycles. The van der Waals surface area contributed by atoms with Gasteiger partial charge in [-0.15, -0.1) is 0 Å². The fourth-order valence-corrected chi connectivity index (χ4v) is 3.23. The van der Waals surface area contributed by atoms with Crippen LogP contribution >= 0.6 is 0 Å². The van der Waals surface area contributed by atoms with Crippen molar-refractivity contribution in [3.8, 4) is 0 Å². The van der Waals surface area contributed by atoms with Gasteiger partial charge in [-0.1, -0.05) is 43.3 Å². The Morgan fingerprint density at radius 1 is 1.10 bits per heavy atom. The van der Waals surface area contributed by atoms with E-state index in [9.17, 15) is 0 Å². The van der Waals surface area contributed by atoms with Gasteiger partial charge >= 0.3 is 0 Å². The van der Waals surface area contributed by atoms with Gasteiger partial charge in [-0.05, 0) is 30.5 Å². The Labute approximate surface area is 172 Å². The molecule has 0 bridgehead atoms. The fraction of sp³-hybridized carbons (Fsp3) is 0.409. The van der Waals surface area contributed by atoms with Gasteiger partial charge < -0.3 is 15.2 Å². The van der Waals surface area contributed by atoms with Crippen molar-refractivity contribution in [3.05, 3.63) is 70.9 Å². The van der Waals surface area contributed by atoms with Crippen LogP contribution in [0.25, 0.3) is 0 Å². The first-order valence-corrected chi connectivity index (χ1v) is 10.3. The highest BCUT2D eigenvalue weighted by atomic mass is 16.5. The lowest BCUT2D eigenvalue weighted by Crippen LogP contribution is -2.37. The highest BCUT2D eigenvalue weighted by Crippen LogP contribution is 2.15. The van der Waals surface area contributed by atoms with E-state index in [1.165, 1.54) is 11.1 Å². The fourth-order valence-electron chi connectivity index (χ4n) is 3.23. The summed E-state index contributed by atoms with van der Waals surface area (Å²) < 4.78 is 7.38. The van der Waals surface area contributed by atoms with Crippen molar-refractivity contribution in [1.82, 2.24) is 25.6 Å². The third-order valence-electron chi connectivity index (χ3n) is 4.70. The Balaban J connectivity index is 1.66. The summed E-state index contributed by atoms with van der Waals surface area (Å²) in [4.78, 5) is 4.75. The lowest BCUT2D eigenvalue weighted by molar-refractivity contribution is 0.380. The molecule has 7 nitrogen and oxygen atoms in total. The highest BCUT2D eigenvalue weighted by Gasteiger charge is 2.13. The molecule has 0 saturated heterocycles. The third kappa shape index (κ3) is 5.70. The quantitative estimate of drug-likeness (QED) is 0.430. The van der Waals surface area contributed by atoms with Crippen molar-refractivity contribution in [2.75, 3.05) is 6.54 Å². The molecule has 0 fully saturated rings. The predicted molar refractivity (Wildman–Crippen MR) is 115 cm³/mol. The predicted octanol–water partition coefficient (Wildman–Crippen LogP) is 3.30. The summed E-state index contributed by atoms with van der Waals surface area (Å²) in [5, 5.41) is 15.2. The largest absolute Gasteiger partial charge is 0.361 e. The maximum Gasteiger partial charge on any atom is 0.191 e. The van der Waals surface area contributed by atoms with Crippen molar-refractivity contribution in [2.24, 2.45) is 4.99 Å². The lowest BCUT2D eigenvalue weighted by atomic mass is 10.1. The number of aryl methyl sites for hydroxylation is 2. The van der Waals surface area contributed by atoms with E-state index in [-0.39, 0.29) is 0 Å². The number of aromatic nitrogens is 3. The Morgan fingerprint density at radius 2 is 1.97 bits per heavy atom. The van der Waals surface area contributed by atoms with Gasteiger partial charge in [0.05, 0.1) is 18.8 Å². The summed E-state index contributed by atoms with van der Waals surface area (Å²) in [5.41, 5.74) is 4.53. The summed E-state index contributed by atoms with van der Waals surface area (Å²) in [6.07, 6.45) is 5.46. The lowest BCUT2D eigenvalue weighted by Gasteiger charge is -2.12. The number of rotatable bonds is 9. The second kappa shape index (κ2) is 10.5. The van der Waals surface area contributed by atoms with Crippen molar-refractivity contribution in [2.45, 2.75) is 53.2 Å². The Morgan fingerprint density at radius 3 is 2.69 bits per heavy atom. The van der Waals surface area contributed by atoms with Gasteiger partial charge in [-0.2, -0.15) is 5.10 Å². The molecule has 0 spiro atoms. The highest BCUT2D eigenvalue weighted by molar-refractivity contribution is 5.79. The van der Waals surface area contributed by atoms with E-state index in [1.807, 2.05) is 16.9 Å². The van der Waals surface area contributed by atoms with E-state index < -0.39 is 0 Å². The van der Waals surface area contributed by atoms with Crippen LogP contribution in [0.3, 0.4) is 0 Å². The number of hydrogen-bond donors (Lipinski definition) is 2. The van der Waals surface area contributed by atoms with E-state index in [0.29, 0.717) is 13.1 Å². The molecule has 29 heavy (non-hydrogen) atoms. The molecule has 2 N–H and O–H groups in total. The summed E-state index contributed by atoms with van der Waals surface area (Å²) in [7, 11) is 0. The van der Waals surface area contributed by atoms with E-state index in [0.717, 1.165) is 48.9 Å². The maximum atomic E-state index is 5.46. The SMILES string of the molecule is CCNC(=NCc1cccc(Cn2cccn2)c1)NCc1c(CC)noc1CC. The van der Waals surface area contributed by atoms with Crippen molar-refractivity contribution in [1.29, 1.82) is 0 Å². The van der Waals surface area contributed by atoms with Gasteiger partial charge in [-0.25, -0.2) is 4.99 Å². The van der Waals surface area contributed by atoms with Crippen molar-refractivity contribution in [3.63, 3.8) is 0 Å². The van der Waals surface area contributed by atoms with E-state index >= 15 is 0 Å². The van der Waals surface area contributed by atoms with Gasteiger partial charge in [0.2, 0.25) is 0 Å². The van der Waals surface area contributed by atoms with Gasteiger partial charge in [-0.3, -0.25) is 4.68 Å². The molecule has 3 rings (SSSR count). The molecule has 2 aromatic heterocycles. The van der Waals surface area contributed by atoms with Crippen LogP contribution in [0, 0.1) is 0 Å². The molecule has 1 aromatic carbocycles. The molecule has 0 aliphatic heterocycles. The molecule has 7 heteroatoms.